The van der Waals surface area contributed by atoms with Crippen LogP contribution in [0, 0.1) is 23.7 Å². The quantitative estimate of drug-likeness (QED) is 0.335. The molecule has 0 spiro atoms. The molecule has 1 aromatic heterocycles. The van der Waals surface area contributed by atoms with E-state index in [9.17, 15) is 39.0 Å². The zero-order valence-electron chi connectivity index (χ0n) is 22.3. The lowest BCUT2D eigenvalue weighted by Crippen LogP contribution is -2.74. The first-order valence-corrected chi connectivity index (χ1v) is 12.7. The number of nitrogens with two attached hydrogens (primary N) is 1. The van der Waals surface area contributed by atoms with Gasteiger partial charge in [-0.1, -0.05) is 0 Å². The molecule has 4 unspecified atom stereocenters. The first kappa shape index (κ1) is 27.4. The second-order valence-corrected chi connectivity index (χ2v) is 11.1. The summed E-state index contributed by atoms with van der Waals surface area (Å²) in [5.74, 6) is -11.1. The van der Waals surface area contributed by atoms with Gasteiger partial charge in [-0.15, -0.1) is 0 Å². The number of hydrogen-bond acceptors (Lipinski definition) is 11. The summed E-state index contributed by atoms with van der Waals surface area (Å²) in [6, 6.07) is 3.31. The molecule has 1 heterocycles. The molecule has 12 nitrogen and oxygen atoms in total. The van der Waals surface area contributed by atoms with Gasteiger partial charge >= 0.3 is 0 Å². The van der Waals surface area contributed by atoms with Crippen molar-refractivity contribution in [3.05, 3.63) is 35.1 Å². The highest BCUT2D eigenvalue weighted by molar-refractivity contribution is 6.32. The minimum Gasteiger partial charge on any atom is -0.506 e. The summed E-state index contributed by atoms with van der Waals surface area (Å²) in [5.41, 5.74) is 3.53. The summed E-state index contributed by atoms with van der Waals surface area (Å²) in [6.07, 6.45) is 0.580. The molecule has 0 aliphatic heterocycles. The minimum atomic E-state index is -2.80. The van der Waals surface area contributed by atoms with E-state index in [0.29, 0.717) is 17.5 Å². The number of aliphatic hydroxyl groups is 1. The van der Waals surface area contributed by atoms with Crippen LogP contribution in [0.15, 0.2) is 22.6 Å². The third-order valence-corrected chi connectivity index (χ3v) is 8.53. The highest BCUT2D eigenvalue weighted by Gasteiger charge is 2.69. The van der Waals surface area contributed by atoms with E-state index in [1.165, 1.54) is 31.1 Å². The fourth-order valence-corrected chi connectivity index (χ4v) is 6.80. The molecule has 2 aromatic rings. The molecule has 2 saturated carbocycles. The number of ketones is 4. The Hall–Kier alpha value is -4.16. The normalized spacial score (nSPS) is 29.6. The number of fused-ring (bicyclic) bond motifs is 3. The SMILES string of the molecule is CN(C)c1cc(-c2ccc(C=O)o2)c(O)c2c1CC1CC3[C@H](N(C)C)C(=O)C(C(N)=O)C(=O)[C@@]3(O)C(=O)C1C2=O. The van der Waals surface area contributed by atoms with Crippen LogP contribution in [-0.4, -0.2) is 90.3 Å². The molecular formula is C28H29N3O9. The predicted molar refractivity (Wildman–Crippen MR) is 139 cm³/mol. The second kappa shape index (κ2) is 9.20. The van der Waals surface area contributed by atoms with E-state index in [-0.39, 0.29) is 35.5 Å². The van der Waals surface area contributed by atoms with Crippen LogP contribution in [0.3, 0.4) is 0 Å². The number of carbonyl (C=O) groups is 6. The fourth-order valence-electron chi connectivity index (χ4n) is 6.80. The van der Waals surface area contributed by atoms with Crippen molar-refractivity contribution in [1.29, 1.82) is 0 Å². The molecule has 12 heteroatoms. The lowest BCUT2D eigenvalue weighted by Gasteiger charge is -2.52. The third-order valence-electron chi connectivity index (χ3n) is 8.53. The zero-order chi connectivity index (χ0) is 29.4. The van der Waals surface area contributed by atoms with Crippen molar-refractivity contribution in [2.75, 3.05) is 33.1 Å². The minimum absolute atomic E-state index is 0.00504. The molecule has 3 aliphatic carbocycles. The van der Waals surface area contributed by atoms with E-state index >= 15 is 0 Å². The Kier molecular flexibility index (Phi) is 6.31. The number of furan rings is 1. The van der Waals surface area contributed by atoms with Gasteiger partial charge in [0, 0.05) is 25.7 Å². The summed E-state index contributed by atoms with van der Waals surface area (Å²) >= 11 is 0. The first-order chi connectivity index (χ1) is 18.7. The van der Waals surface area contributed by atoms with Crippen molar-refractivity contribution >= 4 is 41.0 Å². The molecule has 0 saturated heterocycles. The number of amides is 1. The molecule has 1 amide bonds. The molecule has 210 valence electrons. The number of phenols is 1. The molecule has 2 fully saturated rings. The van der Waals surface area contributed by atoms with E-state index in [1.54, 1.807) is 25.1 Å². The number of anilines is 1. The number of carbonyl (C=O) groups excluding carboxylic acids is 6. The van der Waals surface area contributed by atoms with Crippen molar-refractivity contribution in [2.45, 2.75) is 24.5 Å². The summed E-state index contributed by atoms with van der Waals surface area (Å²) in [5, 5.41) is 23.0. The van der Waals surface area contributed by atoms with Crippen LogP contribution in [0.25, 0.3) is 11.3 Å². The molecular weight excluding hydrogens is 522 g/mol. The number of aromatic hydroxyl groups is 1. The van der Waals surface area contributed by atoms with Gasteiger partial charge in [-0.25, -0.2) is 0 Å². The maximum absolute atomic E-state index is 14.0. The molecule has 4 N–H and O–H groups in total. The van der Waals surface area contributed by atoms with Crippen LogP contribution >= 0.6 is 0 Å². The monoisotopic (exact) mass is 551 g/mol. The van der Waals surface area contributed by atoms with Gasteiger partial charge in [0.25, 0.3) is 0 Å². The van der Waals surface area contributed by atoms with E-state index in [1.807, 2.05) is 0 Å². The van der Waals surface area contributed by atoms with Crippen LogP contribution in [0.2, 0.25) is 0 Å². The maximum atomic E-state index is 14.0. The largest absolute Gasteiger partial charge is 0.506 e. The maximum Gasteiger partial charge on any atom is 0.235 e. The number of nitrogens with zero attached hydrogens (tertiary/aromatic N) is 2. The Morgan fingerprint density at radius 1 is 1.12 bits per heavy atom. The van der Waals surface area contributed by atoms with Crippen LogP contribution in [-0.2, 0) is 25.6 Å². The summed E-state index contributed by atoms with van der Waals surface area (Å²) in [7, 11) is 6.54. The molecule has 1 aromatic carbocycles. The lowest BCUT2D eigenvalue weighted by atomic mass is 9.52. The molecule has 6 atom stereocenters. The summed E-state index contributed by atoms with van der Waals surface area (Å²) in [6.45, 7) is 0. The van der Waals surface area contributed by atoms with Crippen LogP contribution < -0.4 is 10.6 Å². The fraction of sp³-hybridized carbons (Fsp3) is 0.429. The standard InChI is InChI=1S/C28H29N3O9/c1-30(2)16-9-14(17-6-5-12(10-32)40-17)22(33)19-13(16)7-11-8-15-21(31(3)4)24(35)20(27(29)38)26(37)28(15,39)25(36)18(11)23(19)34/h5-6,9-11,15,18,20-21,33,39H,7-8H2,1-4H3,(H2,29,38)/t11?,15?,18?,20?,21-,28-/m0/s1. The van der Waals surface area contributed by atoms with Crippen LogP contribution in [0.4, 0.5) is 5.69 Å². The number of rotatable bonds is 5. The van der Waals surface area contributed by atoms with Crippen molar-refractivity contribution in [3.8, 4) is 17.1 Å². The lowest BCUT2D eigenvalue weighted by molar-refractivity contribution is -0.181. The zero-order valence-corrected chi connectivity index (χ0v) is 22.3. The highest BCUT2D eigenvalue weighted by Crippen LogP contribution is 2.53. The van der Waals surface area contributed by atoms with Gasteiger partial charge in [0.2, 0.25) is 5.91 Å². The molecule has 40 heavy (non-hydrogen) atoms. The van der Waals surface area contributed by atoms with Crippen molar-refractivity contribution in [1.82, 2.24) is 4.90 Å². The molecule has 5 rings (SSSR count). The van der Waals surface area contributed by atoms with E-state index in [0.717, 1.165) is 0 Å². The molecule has 3 aliphatic rings. The number of primary amides is 1. The van der Waals surface area contributed by atoms with Gasteiger partial charge in [0.1, 0.15) is 11.5 Å². The van der Waals surface area contributed by atoms with E-state index < -0.39 is 70.1 Å². The van der Waals surface area contributed by atoms with Crippen molar-refractivity contribution < 1.29 is 43.4 Å². The van der Waals surface area contributed by atoms with Gasteiger partial charge in [-0.2, -0.15) is 0 Å². The Bertz CT molecular complexity index is 1510. The highest BCUT2D eigenvalue weighted by atomic mass is 16.3. The van der Waals surface area contributed by atoms with Gasteiger partial charge in [-0.3, -0.25) is 33.7 Å². The van der Waals surface area contributed by atoms with Gasteiger partial charge < -0.3 is 25.3 Å². The van der Waals surface area contributed by atoms with Crippen molar-refractivity contribution in [2.24, 2.45) is 29.4 Å². The Labute approximate surface area is 228 Å². The number of Topliss-reactive ketones (excluding diaryl/α,β-unsaturated/α-hetero) is 4. The van der Waals surface area contributed by atoms with Gasteiger partial charge in [0.15, 0.2) is 46.7 Å². The summed E-state index contributed by atoms with van der Waals surface area (Å²) in [4.78, 5) is 81.1. The smallest absolute Gasteiger partial charge is 0.235 e. The topological polar surface area (TPSA) is 189 Å². The number of hydrogen-bond donors (Lipinski definition) is 3. The second-order valence-electron chi connectivity index (χ2n) is 11.1. The molecule has 0 bridgehead atoms. The van der Waals surface area contributed by atoms with E-state index in [2.05, 4.69) is 0 Å². The molecule has 0 radical (unpaired) electrons. The van der Waals surface area contributed by atoms with Gasteiger partial charge in [-0.05, 0) is 56.6 Å². The number of benzene rings is 1. The van der Waals surface area contributed by atoms with E-state index in [4.69, 9.17) is 10.2 Å². The third kappa shape index (κ3) is 3.59. The Morgan fingerprint density at radius 3 is 2.35 bits per heavy atom. The van der Waals surface area contributed by atoms with Crippen molar-refractivity contribution in [3.63, 3.8) is 0 Å². The average molecular weight is 552 g/mol. The number of likely N-dealkylation sites (N-methyl/N-ethyl adjacent to an activating group) is 1. The number of aldehydes is 1. The predicted octanol–water partition coefficient (Wildman–Crippen LogP) is 0.00550. The van der Waals surface area contributed by atoms with Crippen LogP contribution in [0.5, 0.6) is 5.75 Å². The Balaban J connectivity index is 1.69. The first-order valence-electron chi connectivity index (χ1n) is 12.7. The van der Waals surface area contributed by atoms with Gasteiger partial charge in [0.05, 0.1) is 23.1 Å². The van der Waals surface area contributed by atoms with Crippen LogP contribution in [0.1, 0.15) is 32.9 Å². The number of phenolic OH excluding ortho intramolecular Hbond substituents is 1. The Morgan fingerprint density at radius 2 is 1.80 bits per heavy atom. The average Bonchev–Trinajstić information content (AvgIpc) is 3.35. The summed E-state index contributed by atoms with van der Waals surface area (Å²) < 4.78 is 5.48.